The first-order valence-electron chi connectivity index (χ1n) is 9.01. The summed E-state index contributed by atoms with van der Waals surface area (Å²) in [6.45, 7) is 0.195. The van der Waals surface area contributed by atoms with E-state index in [1.54, 1.807) is 48.5 Å². The van der Waals surface area contributed by atoms with E-state index in [9.17, 15) is 10.1 Å². The molecule has 3 aromatic rings. The lowest BCUT2D eigenvalue weighted by Crippen LogP contribution is -2.13. The minimum absolute atomic E-state index is 0.117. The fourth-order valence-corrected chi connectivity index (χ4v) is 3.61. The summed E-state index contributed by atoms with van der Waals surface area (Å²) in [5, 5.41) is 14.0. The van der Waals surface area contributed by atoms with Gasteiger partial charge >= 0.3 is 0 Å². The Balaban J connectivity index is 1.72. The Kier molecular flexibility index (Phi) is 8.31. The van der Waals surface area contributed by atoms with Crippen molar-refractivity contribution in [1.29, 1.82) is 5.26 Å². The maximum Gasteiger partial charge on any atom is 0.266 e. The molecule has 1 amide bonds. The van der Waals surface area contributed by atoms with E-state index < -0.39 is 5.91 Å². The van der Waals surface area contributed by atoms with Crippen LogP contribution in [0.25, 0.3) is 6.08 Å². The van der Waals surface area contributed by atoms with Crippen LogP contribution in [-0.4, -0.2) is 5.91 Å². The third-order valence-corrected chi connectivity index (χ3v) is 5.83. The molecule has 0 bridgehead atoms. The number of carbonyl (C=O) groups excluding carboxylic acids is 1. The van der Waals surface area contributed by atoms with Gasteiger partial charge in [0.2, 0.25) is 0 Å². The van der Waals surface area contributed by atoms with E-state index in [-0.39, 0.29) is 17.2 Å². The summed E-state index contributed by atoms with van der Waals surface area (Å²) >= 11 is 30.2. The molecule has 0 saturated carbocycles. The van der Waals surface area contributed by atoms with Crippen molar-refractivity contribution in [2.24, 2.45) is 0 Å². The first-order valence-corrected chi connectivity index (χ1v) is 10.9. The van der Waals surface area contributed by atoms with Crippen LogP contribution in [0.5, 0.6) is 5.75 Å². The largest absolute Gasteiger partial charge is 0.487 e. The van der Waals surface area contributed by atoms with Crippen molar-refractivity contribution in [3.63, 3.8) is 0 Å². The number of hydrogen-bond acceptors (Lipinski definition) is 3. The maximum absolute atomic E-state index is 12.5. The quantitative estimate of drug-likeness (QED) is 0.261. The van der Waals surface area contributed by atoms with Crippen molar-refractivity contribution in [3.05, 3.63) is 96.4 Å². The van der Waals surface area contributed by atoms with Crippen LogP contribution in [0, 0.1) is 11.3 Å². The molecule has 0 atom stereocenters. The van der Waals surface area contributed by atoms with Crippen molar-refractivity contribution in [3.8, 4) is 11.8 Å². The first-order chi connectivity index (χ1) is 15.3. The number of ether oxygens (including phenoxy) is 1. The fraction of sp³-hybridized carbons (Fsp3) is 0.0435. The number of benzene rings is 3. The molecule has 32 heavy (non-hydrogen) atoms. The summed E-state index contributed by atoms with van der Waals surface area (Å²) < 4.78 is 5.73. The lowest BCUT2D eigenvalue weighted by molar-refractivity contribution is -0.112. The summed E-state index contributed by atoms with van der Waals surface area (Å²) in [6, 6.07) is 16.5. The number of nitrogens with one attached hydrogen (secondary N) is 1. The van der Waals surface area contributed by atoms with Crippen molar-refractivity contribution < 1.29 is 9.53 Å². The predicted molar refractivity (Wildman–Crippen MR) is 131 cm³/mol. The van der Waals surface area contributed by atoms with Gasteiger partial charge in [0.25, 0.3) is 5.91 Å². The number of carbonyl (C=O) groups is 1. The molecule has 162 valence electrons. The van der Waals surface area contributed by atoms with Crippen LogP contribution in [0.15, 0.2) is 60.2 Å². The van der Waals surface area contributed by atoms with Gasteiger partial charge in [-0.25, -0.2) is 0 Å². The van der Waals surface area contributed by atoms with Gasteiger partial charge in [0.1, 0.15) is 24.0 Å². The number of nitrogens with zero attached hydrogens (tertiary/aromatic N) is 1. The van der Waals surface area contributed by atoms with Crippen molar-refractivity contribution in [1.82, 2.24) is 0 Å². The van der Waals surface area contributed by atoms with Crippen LogP contribution >= 0.6 is 58.0 Å². The van der Waals surface area contributed by atoms with Crippen LogP contribution in [0.3, 0.4) is 0 Å². The molecular weight excluding hydrogens is 514 g/mol. The van der Waals surface area contributed by atoms with Gasteiger partial charge in [-0.05, 0) is 54.1 Å². The Morgan fingerprint density at radius 3 is 2.34 bits per heavy atom. The normalized spacial score (nSPS) is 11.1. The molecule has 0 unspecified atom stereocenters. The molecule has 3 rings (SSSR count). The van der Waals surface area contributed by atoms with E-state index in [0.29, 0.717) is 37.1 Å². The molecule has 0 aliphatic heterocycles. The van der Waals surface area contributed by atoms with E-state index in [1.807, 2.05) is 6.07 Å². The molecule has 0 heterocycles. The van der Waals surface area contributed by atoms with Crippen LogP contribution in [-0.2, 0) is 11.4 Å². The van der Waals surface area contributed by atoms with Gasteiger partial charge in [0, 0.05) is 21.3 Å². The second-order valence-corrected chi connectivity index (χ2v) is 8.53. The lowest BCUT2D eigenvalue weighted by Gasteiger charge is -2.10. The number of nitriles is 1. The molecule has 0 radical (unpaired) electrons. The molecule has 4 nitrogen and oxygen atoms in total. The van der Waals surface area contributed by atoms with E-state index in [4.69, 9.17) is 62.7 Å². The monoisotopic (exact) mass is 524 g/mol. The second kappa shape index (κ2) is 11.0. The zero-order valence-corrected chi connectivity index (χ0v) is 19.9. The predicted octanol–water partition coefficient (Wildman–Crippen LogP) is 8.08. The maximum atomic E-state index is 12.5. The molecular formula is C23H13Cl5N2O2. The summed E-state index contributed by atoms with van der Waals surface area (Å²) in [5.74, 6) is -0.173. The van der Waals surface area contributed by atoms with Gasteiger partial charge in [-0.15, -0.1) is 0 Å². The molecule has 0 spiro atoms. The van der Waals surface area contributed by atoms with Crippen molar-refractivity contribution in [2.75, 3.05) is 5.32 Å². The molecule has 0 saturated heterocycles. The molecule has 9 heteroatoms. The SMILES string of the molecule is N#C/C(=C\c1ccc(OCc2ccc(Cl)cc2Cl)c(Cl)c1)C(=O)Nc1ccc(Cl)c(Cl)c1. The Morgan fingerprint density at radius 1 is 0.906 bits per heavy atom. The highest BCUT2D eigenvalue weighted by Crippen LogP contribution is 2.29. The highest BCUT2D eigenvalue weighted by Gasteiger charge is 2.12. The Morgan fingerprint density at radius 2 is 1.69 bits per heavy atom. The van der Waals surface area contributed by atoms with Crippen LogP contribution < -0.4 is 10.1 Å². The second-order valence-electron chi connectivity index (χ2n) is 6.47. The molecule has 0 fully saturated rings. The average molecular weight is 527 g/mol. The minimum atomic E-state index is -0.597. The standard InChI is InChI=1S/C23H13Cl5N2O2/c24-16-3-2-14(19(26)9-16)12-32-22-6-1-13(8-21(22)28)7-15(11-29)23(31)30-17-4-5-18(25)20(27)10-17/h1-10H,12H2,(H,30,31)/b15-7+. The first kappa shape index (κ1) is 24.3. The third kappa shape index (κ3) is 6.32. The number of hydrogen-bond donors (Lipinski definition) is 1. The number of anilines is 1. The smallest absolute Gasteiger partial charge is 0.266 e. The van der Waals surface area contributed by atoms with E-state index in [2.05, 4.69) is 5.32 Å². The molecule has 0 aliphatic carbocycles. The van der Waals surface area contributed by atoms with Gasteiger partial charge in [-0.1, -0.05) is 70.1 Å². The number of amides is 1. The van der Waals surface area contributed by atoms with Crippen LogP contribution in [0.2, 0.25) is 25.1 Å². The van der Waals surface area contributed by atoms with E-state index >= 15 is 0 Å². The summed E-state index contributed by atoms with van der Waals surface area (Å²) in [7, 11) is 0. The van der Waals surface area contributed by atoms with Crippen LogP contribution in [0.4, 0.5) is 5.69 Å². The molecule has 3 aromatic carbocycles. The zero-order chi connectivity index (χ0) is 23.3. The molecule has 1 N–H and O–H groups in total. The van der Waals surface area contributed by atoms with Gasteiger partial charge in [0.15, 0.2) is 0 Å². The highest BCUT2D eigenvalue weighted by molar-refractivity contribution is 6.42. The third-order valence-electron chi connectivity index (χ3n) is 4.21. The zero-order valence-electron chi connectivity index (χ0n) is 16.1. The Labute approximate surface area is 209 Å². The number of halogens is 5. The van der Waals surface area contributed by atoms with E-state index in [1.165, 1.54) is 12.1 Å². The fourth-order valence-electron chi connectivity index (χ4n) is 2.61. The van der Waals surface area contributed by atoms with Crippen molar-refractivity contribution >= 4 is 75.7 Å². The Hall–Kier alpha value is -2.39. The van der Waals surface area contributed by atoms with E-state index in [0.717, 1.165) is 5.56 Å². The topological polar surface area (TPSA) is 62.1 Å². The molecule has 0 aromatic heterocycles. The summed E-state index contributed by atoms with van der Waals surface area (Å²) in [6.07, 6.45) is 1.42. The molecule has 0 aliphatic rings. The van der Waals surface area contributed by atoms with Crippen molar-refractivity contribution in [2.45, 2.75) is 6.61 Å². The van der Waals surface area contributed by atoms with Gasteiger partial charge in [0.05, 0.1) is 15.1 Å². The number of rotatable bonds is 6. The van der Waals surface area contributed by atoms with Crippen LogP contribution in [0.1, 0.15) is 11.1 Å². The summed E-state index contributed by atoms with van der Waals surface area (Å²) in [5.41, 5.74) is 1.59. The van der Waals surface area contributed by atoms with Gasteiger partial charge in [-0.2, -0.15) is 5.26 Å². The Bertz CT molecular complexity index is 1250. The van der Waals surface area contributed by atoms with Gasteiger partial charge < -0.3 is 10.1 Å². The average Bonchev–Trinajstić information content (AvgIpc) is 2.75. The van der Waals surface area contributed by atoms with Gasteiger partial charge in [-0.3, -0.25) is 4.79 Å². The highest BCUT2D eigenvalue weighted by atomic mass is 35.5. The minimum Gasteiger partial charge on any atom is -0.487 e. The summed E-state index contributed by atoms with van der Waals surface area (Å²) in [4.78, 5) is 12.5. The lowest BCUT2D eigenvalue weighted by atomic mass is 10.1.